The highest BCUT2D eigenvalue weighted by atomic mass is 127. The Labute approximate surface area is 135 Å². The summed E-state index contributed by atoms with van der Waals surface area (Å²) >= 11 is 1.55. The molecule has 118 valence electrons. The fourth-order valence-corrected chi connectivity index (χ4v) is 2.44. The Balaban J connectivity index is 2.43. The molecule has 0 aliphatic rings. The number of hydrogen-bond donors (Lipinski definition) is 0. The minimum atomic E-state index is -4.86. The van der Waals surface area contributed by atoms with E-state index in [2.05, 4.69) is 4.74 Å². The molecule has 0 unspecified atom stereocenters. The second-order valence-electron chi connectivity index (χ2n) is 4.27. The van der Waals surface area contributed by atoms with Gasteiger partial charge in [0, 0.05) is 3.57 Å². The summed E-state index contributed by atoms with van der Waals surface area (Å²) in [5, 5.41) is 0. The molecular formula is C14H7F6IO. The molecule has 0 heterocycles. The zero-order valence-corrected chi connectivity index (χ0v) is 12.8. The van der Waals surface area contributed by atoms with E-state index in [-0.39, 0.29) is 14.7 Å². The maximum Gasteiger partial charge on any atom is 0.573 e. The van der Waals surface area contributed by atoms with Crippen LogP contribution in [-0.4, -0.2) is 6.36 Å². The third-order valence-corrected chi connectivity index (χ3v) is 3.61. The summed E-state index contributed by atoms with van der Waals surface area (Å²) in [6.07, 6.45) is -9.39. The zero-order valence-electron chi connectivity index (χ0n) is 10.6. The molecule has 0 amide bonds. The quantitative estimate of drug-likeness (QED) is 0.426. The van der Waals surface area contributed by atoms with Crippen LogP contribution in [0.3, 0.4) is 0 Å². The van der Waals surface area contributed by atoms with Crippen molar-refractivity contribution in [3.05, 3.63) is 51.6 Å². The third kappa shape index (κ3) is 4.28. The van der Waals surface area contributed by atoms with Gasteiger partial charge in [0.25, 0.3) is 0 Å². The van der Waals surface area contributed by atoms with Crippen molar-refractivity contribution >= 4 is 22.6 Å². The Kier molecular flexibility index (Phi) is 4.59. The van der Waals surface area contributed by atoms with Crippen molar-refractivity contribution in [2.24, 2.45) is 0 Å². The smallest absolute Gasteiger partial charge is 0.406 e. The topological polar surface area (TPSA) is 9.23 Å². The summed E-state index contributed by atoms with van der Waals surface area (Å²) in [5.41, 5.74) is -0.489. The summed E-state index contributed by atoms with van der Waals surface area (Å²) in [5.74, 6) is -0.489. The molecule has 1 nitrogen and oxygen atoms in total. The van der Waals surface area contributed by atoms with Gasteiger partial charge in [-0.15, -0.1) is 13.2 Å². The van der Waals surface area contributed by atoms with Gasteiger partial charge in [-0.1, -0.05) is 18.2 Å². The molecule has 8 heteroatoms. The van der Waals surface area contributed by atoms with E-state index in [0.717, 1.165) is 18.2 Å². The summed E-state index contributed by atoms with van der Waals surface area (Å²) in [7, 11) is 0. The van der Waals surface area contributed by atoms with Crippen molar-refractivity contribution in [1.82, 2.24) is 0 Å². The third-order valence-electron chi connectivity index (χ3n) is 2.67. The molecule has 0 radical (unpaired) electrons. The van der Waals surface area contributed by atoms with Crippen LogP contribution in [0.5, 0.6) is 5.75 Å². The average molecular weight is 432 g/mol. The molecule has 0 N–H and O–H groups in total. The molecule has 0 bridgehead atoms. The average Bonchev–Trinajstić information content (AvgIpc) is 2.36. The molecule has 0 saturated carbocycles. The first-order valence-electron chi connectivity index (χ1n) is 5.79. The van der Waals surface area contributed by atoms with E-state index >= 15 is 0 Å². The van der Waals surface area contributed by atoms with Gasteiger partial charge in [-0.25, -0.2) is 0 Å². The van der Waals surface area contributed by atoms with Crippen LogP contribution < -0.4 is 4.74 Å². The van der Waals surface area contributed by atoms with Gasteiger partial charge in [0.05, 0.1) is 5.56 Å². The van der Waals surface area contributed by atoms with Crippen LogP contribution in [0.4, 0.5) is 26.3 Å². The van der Waals surface area contributed by atoms with Crippen molar-refractivity contribution in [1.29, 1.82) is 0 Å². The van der Waals surface area contributed by atoms with Crippen LogP contribution in [0, 0.1) is 3.57 Å². The van der Waals surface area contributed by atoms with Crippen molar-refractivity contribution < 1.29 is 31.1 Å². The van der Waals surface area contributed by atoms with E-state index in [1.54, 1.807) is 22.6 Å². The second-order valence-corrected chi connectivity index (χ2v) is 5.43. The van der Waals surface area contributed by atoms with Crippen molar-refractivity contribution in [3.8, 4) is 16.9 Å². The van der Waals surface area contributed by atoms with Crippen molar-refractivity contribution in [3.63, 3.8) is 0 Å². The highest BCUT2D eigenvalue weighted by molar-refractivity contribution is 14.1. The molecule has 0 fully saturated rings. The summed E-state index contributed by atoms with van der Waals surface area (Å²) in [6, 6.07) is 8.37. The highest BCUT2D eigenvalue weighted by Crippen LogP contribution is 2.36. The molecule has 0 aliphatic heterocycles. The summed E-state index contributed by atoms with van der Waals surface area (Å²) in [4.78, 5) is 0. The van der Waals surface area contributed by atoms with E-state index in [1.165, 1.54) is 24.3 Å². The second kappa shape index (κ2) is 5.98. The van der Waals surface area contributed by atoms with Crippen molar-refractivity contribution in [2.45, 2.75) is 12.5 Å². The van der Waals surface area contributed by atoms with Crippen LogP contribution in [0.25, 0.3) is 11.1 Å². The summed E-state index contributed by atoms with van der Waals surface area (Å²) < 4.78 is 78.9. The number of halogens is 7. The van der Waals surface area contributed by atoms with Crippen LogP contribution in [0.1, 0.15) is 5.56 Å². The fraction of sp³-hybridized carbons (Fsp3) is 0.143. The van der Waals surface area contributed by atoms with Gasteiger partial charge in [0.1, 0.15) is 5.75 Å². The normalized spacial score (nSPS) is 12.3. The van der Waals surface area contributed by atoms with E-state index in [4.69, 9.17) is 0 Å². The molecule has 0 aromatic heterocycles. The van der Waals surface area contributed by atoms with Gasteiger partial charge in [-0.05, 0) is 58.0 Å². The van der Waals surface area contributed by atoms with Gasteiger partial charge in [-0.3, -0.25) is 0 Å². The number of alkyl halides is 6. The van der Waals surface area contributed by atoms with Crippen LogP contribution in [0.15, 0.2) is 42.5 Å². The number of ether oxygens (including phenoxy) is 1. The fourth-order valence-electron chi connectivity index (χ4n) is 1.79. The standard InChI is InChI=1S/C14H7F6IO/c15-13(16,17)11-7-9(4-5-12(11)21)8-2-1-3-10(6-8)22-14(18,19)20/h1-7H. The first-order valence-corrected chi connectivity index (χ1v) is 6.87. The van der Waals surface area contributed by atoms with Gasteiger partial charge < -0.3 is 4.74 Å². The minimum Gasteiger partial charge on any atom is -0.406 e. The molecule has 0 spiro atoms. The Morgan fingerprint density at radius 2 is 1.45 bits per heavy atom. The maximum atomic E-state index is 12.9. The highest BCUT2D eigenvalue weighted by Gasteiger charge is 2.33. The molecule has 2 aromatic carbocycles. The Hall–Kier alpha value is -1.45. The van der Waals surface area contributed by atoms with Crippen LogP contribution in [0.2, 0.25) is 0 Å². The van der Waals surface area contributed by atoms with Gasteiger partial charge in [0.15, 0.2) is 0 Å². The Morgan fingerprint density at radius 3 is 2.05 bits per heavy atom. The molecule has 0 saturated heterocycles. The number of benzene rings is 2. The maximum absolute atomic E-state index is 12.9. The molecule has 0 aliphatic carbocycles. The predicted molar refractivity (Wildman–Crippen MR) is 76.3 cm³/mol. The van der Waals surface area contributed by atoms with Gasteiger partial charge >= 0.3 is 12.5 Å². The monoisotopic (exact) mass is 432 g/mol. The molecule has 2 rings (SSSR count). The van der Waals surface area contributed by atoms with E-state index < -0.39 is 23.9 Å². The first-order chi connectivity index (χ1) is 10.1. The lowest BCUT2D eigenvalue weighted by Gasteiger charge is -2.13. The molecular weight excluding hydrogens is 425 g/mol. The lowest BCUT2D eigenvalue weighted by atomic mass is 10.0. The largest absolute Gasteiger partial charge is 0.573 e. The van der Waals surface area contributed by atoms with Crippen LogP contribution >= 0.6 is 22.6 Å². The Bertz CT molecular complexity index is 678. The predicted octanol–water partition coefficient (Wildman–Crippen LogP) is 5.88. The number of hydrogen-bond acceptors (Lipinski definition) is 1. The van der Waals surface area contributed by atoms with E-state index in [0.29, 0.717) is 0 Å². The van der Waals surface area contributed by atoms with Crippen LogP contribution in [-0.2, 0) is 6.18 Å². The first kappa shape index (κ1) is 16.9. The molecule has 2 aromatic rings. The minimum absolute atomic E-state index is 0.0107. The van der Waals surface area contributed by atoms with Gasteiger partial charge in [-0.2, -0.15) is 13.2 Å². The number of rotatable bonds is 2. The Morgan fingerprint density at radius 1 is 0.818 bits per heavy atom. The lowest BCUT2D eigenvalue weighted by molar-refractivity contribution is -0.274. The lowest BCUT2D eigenvalue weighted by Crippen LogP contribution is -2.17. The van der Waals surface area contributed by atoms with E-state index in [1.807, 2.05) is 0 Å². The SMILES string of the molecule is FC(F)(F)Oc1cccc(-c2ccc(I)c(C(F)(F)F)c2)c1. The molecule has 22 heavy (non-hydrogen) atoms. The van der Waals surface area contributed by atoms with Crippen molar-refractivity contribution in [2.75, 3.05) is 0 Å². The van der Waals surface area contributed by atoms with E-state index in [9.17, 15) is 26.3 Å². The van der Waals surface area contributed by atoms with Gasteiger partial charge in [0.2, 0.25) is 0 Å². The summed E-state index contributed by atoms with van der Waals surface area (Å²) in [6.45, 7) is 0. The zero-order chi connectivity index (χ0) is 16.5. The molecule has 0 atom stereocenters.